The normalized spacial score (nSPS) is 28.1. The number of hydrogen-bond donors (Lipinski definition) is 2. The van der Waals surface area contributed by atoms with E-state index in [-0.39, 0.29) is 30.6 Å². The number of hydrogen-bond acceptors (Lipinski definition) is 3. The molecule has 0 aromatic heterocycles. The number of carbonyl (C=O) groups excluding carboxylic acids is 3. The van der Waals surface area contributed by atoms with E-state index in [4.69, 9.17) is 0 Å². The first-order valence-electron chi connectivity index (χ1n) is 9.06. The second-order valence-electron chi connectivity index (χ2n) is 7.63. The van der Waals surface area contributed by atoms with Crippen LogP contribution in [0.3, 0.4) is 0 Å². The van der Waals surface area contributed by atoms with E-state index in [1.54, 1.807) is 17.9 Å². The predicted octanol–water partition coefficient (Wildman–Crippen LogP) is 2.30. The van der Waals surface area contributed by atoms with Gasteiger partial charge in [-0.25, -0.2) is 13.6 Å². The number of nitrogens with one attached hydrogen (secondary N) is 2. The SMILES string of the molecule is C[C@H]1CN(C(=O)CC[C@@]2(C)NC(=O)NC2=O)CC[C@H]1c1ccc(F)c(F)c1. The largest absolute Gasteiger partial charge is 0.342 e. The number of carbonyl (C=O) groups is 3. The van der Waals surface area contributed by atoms with Crippen LogP contribution in [0.4, 0.5) is 13.6 Å². The summed E-state index contributed by atoms with van der Waals surface area (Å²) in [6, 6.07) is 3.42. The Morgan fingerprint density at radius 3 is 2.63 bits per heavy atom. The molecule has 8 heteroatoms. The van der Waals surface area contributed by atoms with E-state index in [9.17, 15) is 23.2 Å². The lowest BCUT2D eigenvalue weighted by Gasteiger charge is -2.37. The maximum Gasteiger partial charge on any atom is 0.322 e. The van der Waals surface area contributed by atoms with Gasteiger partial charge in [0.15, 0.2) is 11.6 Å². The molecule has 6 nitrogen and oxygen atoms in total. The minimum absolute atomic E-state index is 0.0570. The summed E-state index contributed by atoms with van der Waals surface area (Å²) >= 11 is 0. The van der Waals surface area contributed by atoms with Gasteiger partial charge in [0, 0.05) is 19.5 Å². The zero-order chi connectivity index (χ0) is 19.8. The zero-order valence-electron chi connectivity index (χ0n) is 15.4. The van der Waals surface area contributed by atoms with Crippen molar-refractivity contribution >= 4 is 17.8 Å². The van der Waals surface area contributed by atoms with Gasteiger partial charge < -0.3 is 10.2 Å². The predicted molar refractivity (Wildman–Crippen MR) is 93.8 cm³/mol. The molecule has 0 radical (unpaired) electrons. The van der Waals surface area contributed by atoms with Crippen LogP contribution in [0.15, 0.2) is 18.2 Å². The molecule has 3 atom stereocenters. The van der Waals surface area contributed by atoms with Crippen LogP contribution in [-0.2, 0) is 9.59 Å². The zero-order valence-corrected chi connectivity index (χ0v) is 15.4. The lowest BCUT2D eigenvalue weighted by Crippen LogP contribution is -2.46. The summed E-state index contributed by atoms with van der Waals surface area (Å²) in [4.78, 5) is 37.4. The minimum atomic E-state index is -1.07. The molecule has 2 aliphatic rings. The smallest absolute Gasteiger partial charge is 0.322 e. The van der Waals surface area contributed by atoms with E-state index in [0.29, 0.717) is 19.5 Å². The summed E-state index contributed by atoms with van der Waals surface area (Å²) in [5.41, 5.74) is -0.325. The molecule has 1 aromatic rings. The van der Waals surface area contributed by atoms with Gasteiger partial charge in [-0.05, 0) is 49.3 Å². The third-order valence-electron chi connectivity index (χ3n) is 5.59. The molecule has 0 spiro atoms. The van der Waals surface area contributed by atoms with E-state index in [0.717, 1.165) is 11.6 Å². The number of benzene rings is 1. The van der Waals surface area contributed by atoms with Crippen molar-refractivity contribution in [1.82, 2.24) is 15.5 Å². The Labute approximate surface area is 156 Å². The van der Waals surface area contributed by atoms with Gasteiger partial charge in [0.2, 0.25) is 5.91 Å². The van der Waals surface area contributed by atoms with Gasteiger partial charge >= 0.3 is 6.03 Å². The van der Waals surface area contributed by atoms with Crippen LogP contribution in [0, 0.1) is 17.6 Å². The Balaban J connectivity index is 1.57. The first-order valence-corrected chi connectivity index (χ1v) is 9.06. The van der Waals surface area contributed by atoms with Crippen molar-refractivity contribution in [3.05, 3.63) is 35.4 Å². The molecule has 2 saturated heterocycles. The van der Waals surface area contributed by atoms with Crippen LogP contribution in [0.2, 0.25) is 0 Å². The average Bonchev–Trinajstić information content (AvgIpc) is 2.87. The van der Waals surface area contributed by atoms with Crippen LogP contribution >= 0.6 is 0 Å². The molecule has 2 fully saturated rings. The number of halogens is 2. The van der Waals surface area contributed by atoms with Gasteiger partial charge in [0.25, 0.3) is 5.91 Å². The second kappa shape index (κ2) is 7.25. The van der Waals surface area contributed by atoms with Crippen molar-refractivity contribution in [2.24, 2.45) is 5.92 Å². The molecule has 1 aromatic carbocycles. The van der Waals surface area contributed by atoms with Crippen molar-refractivity contribution < 1.29 is 23.2 Å². The number of nitrogens with zero attached hydrogens (tertiary/aromatic N) is 1. The van der Waals surface area contributed by atoms with Crippen molar-refractivity contribution in [3.8, 4) is 0 Å². The Hall–Kier alpha value is -2.51. The van der Waals surface area contributed by atoms with Crippen LogP contribution in [0.5, 0.6) is 0 Å². The summed E-state index contributed by atoms with van der Waals surface area (Å²) in [7, 11) is 0. The lowest BCUT2D eigenvalue weighted by atomic mass is 9.81. The van der Waals surface area contributed by atoms with Gasteiger partial charge in [-0.3, -0.25) is 14.9 Å². The number of amides is 4. The van der Waals surface area contributed by atoms with Gasteiger partial charge in [0.1, 0.15) is 5.54 Å². The number of urea groups is 1. The Bertz CT molecular complexity index is 785. The first kappa shape index (κ1) is 19.3. The van der Waals surface area contributed by atoms with E-state index >= 15 is 0 Å². The van der Waals surface area contributed by atoms with Crippen molar-refractivity contribution in [3.63, 3.8) is 0 Å². The van der Waals surface area contributed by atoms with Gasteiger partial charge in [0.05, 0.1) is 0 Å². The Morgan fingerprint density at radius 1 is 1.30 bits per heavy atom. The molecule has 0 bridgehead atoms. The molecule has 0 saturated carbocycles. The van der Waals surface area contributed by atoms with Gasteiger partial charge in [-0.1, -0.05) is 13.0 Å². The Morgan fingerprint density at radius 2 is 2.04 bits per heavy atom. The molecule has 2 heterocycles. The van der Waals surface area contributed by atoms with Crippen molar-refractivity contribution in [1.29, 1.82) is 0 Å². The fourth-order valence-corrected chi connectivity index (χ4v) is 3.88. The van der Waals surface area contributed by atoms with Crippen LogP contribution in [0.1, 0.15) is 44.6 Å². The minimum Gasteiger partial charge on any atom is -0.342 e. The monoisotopic (exact) mass is 379 g/mol. The molecule has 146 valence electrons. The first-order chi connectivity index (χ1) is 12.7. The van der Waals surface area contributed by atoms with E-state index < -0.39 is 29.1 Å². The highest BCUT2D eigenvalue weighted by molar-refractivity contribution is 6.06. The highest BCUT2D eigenvalue weighted by atomic mass is 19.2. The molecular weight excluding hydrogens is 356 g/mol. The fourth-order valence-electron chi connectivity index (χ4n) is 3.88. The number of rotatable bonds is 4. The van der Waals surface area contributed by atoms with Crippen molar-refractivity contribution in [2.75, 3.05) is 13.1 Å². The summed E-state index contributed by atoms with van der Waals surface area (Å²) < 4.78 is 26.7. The number of imide groups is 1. The summed E-state index contributed by atoms with van der Waals surface area (Å²) in [5, 5.41) is 4.73. The molecular formula is C19H23F2N3O3. The van der Waals surface area contributed by atoms with Crippen LogP contribution in [-0.4, -0.2) is 41.4 Å². The summed E-state index contributed by atoms with van der Waals surface area (Å²) in [5.74, 6) is -2.08. The molecule has 0 aliphatic carbocycles. The second-order valence-corrected chi connectivity index (χ2v) is 7.63. The number of likely N-dealkylation sites (tertiary alicyclic amines) is 1. The maximum atomic E-state index is 13.5. The molecule has 2 N–H and O–H groups in total. The fraction of sp³-hybridized carbons (Fsp3) is 0.526. The molecule has 2 aliphatic heterocycles. The maximum absolute atomic E-state index is 13.5. The molecule has 0 unspecified atom stereocenters. The quantitative estimate of drug-likeness (QED) is 0.788. The third kappa shape index (κ3) is 3.94. The van der Waals surface area contributed by atoms with Crippen molar-refractivity contribution in [2.45, 2.75) is 44.6 Å². The van der Waals surface area contributed by atoms with E-state index in [2.05, 4.69) is 10.6 Å². The van der Waals surface area contributed by atoms with Gasteiger partial charge in [-0.2, -0.15) is 0 Å². The molecule has 3 rings (SSSR count). The molecule has 4 amide bonds. The highest BCUT2D eigenvalue weighted by Crippen LogP contribution is 2.34. The topological polar surface area (TPSA) is 78.5 Å². The summed E-state index contributed by atoms with van der Waals surface area (Å²) in [6.07, 6.45) is 1.03. The highest BCUT2D eigenvalue weighted by Gasteiger charge is 2.42. The van der Waals surface area contributed by atoms with E-state index in [1.807, 2.05) is 6.92 Å². The average molecular weight is 379 g/mol. The summed E-state index contributed by atoms with van der Waals surface area (Å²) in [6.45, 7) is 4.61. The van der Waals surface area contributed by atoms with Crippen LogP contribution in [0.25, 0.3) is 0 Å². The lowest BCUT2D eigenvalue weighted by molar-refractivity contribution is -0.134. The number of piperidine rings is 1. The third-order valence-corrected chi connectivity index (χ3v) is 5.59. The standard InChI is InChI=1S/C19H23F2N3O3/c1-11-10-24(8-6-13(11)12-3-4-14(20)15(21)9-12)16(25)5-7-19(2)17(26)22-18(27)23-19/h3-4,9,11,13H,5-8,10H2,1-2H3,(H2,22,23,26,27)/t11-,13+,19+/m0/s1. The van der Waals surface area contributed by atoms with Gasteiger partial charge in [-0.15, -0.1) is 0 Å². The molecule has 27 heavy (non-hydrogen) atoms. The van der Waals surface area contributed by atoms with E-state index in [1.165, 1.54) is 6.07 Å². The van der Waals surface area contributed by atoms with Crippen LogP contribution < -0.4 is 10.6 Å². The Kier molecular flexibility index (Phi) is 5.17.